The van der Waals surface area contributed by atoms with Gasteiger partial charge in [0, 0.05) is 9.90 Å². The van der Waals surface area contributed by atoms with Gasteiger partial charge in [0.25, 0.3) is 0 Å². The predicted octanol–water partition coefficient (Wildman–Crippen LogP) is 4.52. The molecule has 19 heavy (non-hydrogen) atoms. The third-order valence-corrected chi connectivity index (χ3v) is 4.00. The Labute approximate surface area is 123 Å². The summed E-state index contributed by atoms with van der Waals surface area (Å²) in [5.41, 5.74) is 0. The van der Waals surface area contributed by atoms with Crippen LogP contribution in [0.3, 0.4) is 0 Å². The molecule has 0 saturated heterocycles. The predicted molar refractivity (Wildman–Crippen MR) is 82.3 cm³/mol. The van der Waals surface area contributed by atoms with Gasteiger partial charge in [0.15, 0.2) is 0 Å². The van der Waals surface area contributed by atoms with Crippen LogP contribution < -0.4 is 10.1 Å². The Hall–Kier alpha value is -1.03. The zero-order valence-corrected chi connectivity index (χ0v) is 12.5. The van der Waals surface area contributed by atoms with Gasteiger partial charge in [-0.05, 0) is 48.7 Å². The molecule has 0 fully saturated rings. The van der Waals surface area contributed by atoms with E-state index in [0.717, 1.165) is 23.7 Å². The number of hydrogen-bond donors (Lipinski definition) is 1. The van der Waals surface area contributed by atoms with E-state index in [1.54, 1.807) is 11.3 Å². The van der Waals surface area contributed by atoms with Crippen molar-refractivity contribution in [1.29, 1.82) is 0 Å². The molecular weight excluding hydrogens is 278 g/mol. The summed E-state index contributed by atoms with van der Waals surface area (Å²) in [6, 6.07) is 11.9. The van der Waals surface area contributed by atoms with Crippen LogP contribution in [0.2, 0.25) is 5.02 Å². The van der Waals surface area contributed by atoms with Crippen molar-refractivity contribution in [2.45, 2.75) is 19.4 Å². The third kappa shape index (κ3) is 4.53. The minimum Gasteiger partial charge on any atom is -0.492 e. The summed E-state index contributed by atoms with van der Waals surface area (Å²) < 4.78 is 5.83. The molecule has 1 aromatic heterocycles. The maximum atomic E-state index is 5.86. The first-order valence-corrected chi connectivity index (χ1v) is 7.70. The van der Waals surface area contributed by atoms with E-state index >= 15 is 0 Å². The number of nitrogens with one attached hydrogen (secondary N) is 1. The highest BCUT2D eigenvalue weighted by molar-refractivity contribution is 7.10. The van der Waals surface area contributed by atoms with Crippen LogP contribution in [0.25, 0.3) is 0 Å². The number of ether oxygens (including phenoxy) is 1. The molecule has 0 radical (unpaired) electrons. The number of halogens is 1. The van der Waals surface area contributed by atoms with Crippen LogP contribution in [0.4, 0.5) is 0 Å². The molecule has 1 unspecified atom stereocenters. The van der Waals surface area contributed by atoms with Crippen molar-refractivity contribution in [1.82, 2.24) is 5.32 Å². The fraction of sp³-hybridized carbons (Fsp3) is 0.333. The zero-order chi connectivity index (χ0) is 13.5. The van der Waals surface area contributed by atoms with Crippen molar-refractivity contribution in [2.75, 3.05) is 13.2 Å². The van der Waals surface area contributed by atoms with Gasteiger partial charge in [-0.1, -0.05) is 24.6 Å². The molecule has 0 aliphatic heterocycles. The SMILES string of the molecule is CCCNC(COc1ccc(Cl)cc1)c1cccs1. The second-order valence-electron chi connectivity index (χ2n) is 4.29. The highest BCUT2D eigenvalue weighted by Gasteiger charge is 2.12. The lowest BCUT2D eigenvalue weighted by atomic mass is 10.2. The maximum absolute atomic E-state index is 5.86. The van der Waals surface area contributed by atoms with Crippen molar-refractivity contribution in [3.05, 3.63) is 51.7 Å². The standard InChI is InChI=1S/C15H18ClNOS/c1-2-9-17-14(15-4-3-10-19-15)11-18-13-7-5-12(16)6-8-13/h3-8,10,14,17H,2,9,11H2,1H3. The molecule has 1 heterocycles. The normalized spacial score (nSPS) is 12.3. The molecule has 2 aromatic rings. The van der Waals surface area contributed by atoms with Gasteiger partial charge in [0.1, 0.15) is 12.4 Å². The zero-order valence-electron chi connectivity index (χ0n) is 10.9. The average molecular weight is 296 g/mol. The van der Waals surface area contributed by atoms with E-state index < -0.39 is 0 Å². The summed E-state index contributed by atoms with van der Waals surface area (Å²) in [7, 11) is 0. The minimum atomic E-state index is 0.246. The topological polar surface area (TPSA) is 21.3 Å². The Morgan fingerprint density at radius 3 is 2.68 bits per heavy atom. The highest BCUT2D eigenvalue weighted by atomic mass is 35.5. The van der Waals surface area contributed by atoms with Crippen molar-refractivity contribution < 1.29 is 4.74 Å². The largest absolute Gasteiger partial charge is 0.492 e. The van der Waals surface area contributed by atoms with Crippen molar-refractivity contribution in [3.63, 3.8) is 0 Å². The molecule has 1 atom stereocenters. The van der Waals surface area contributed by atoms with Gasteiger partial charge in [-0.2, -0.15) is 0 Å². The summed E-state index contributed by atoms with van der Waals surface area (Å²) in [5, 5.41) is 6.34. The van der Waals surface area contributed by atoms with Gasteiger partial charge in [-0.3, -0.25) is 0 Å². The van der Waals surface area contributed by atoms with Crippen LogP contribution in [0.5, 0.6) is 5.75 Å². The van der Waals surface area contributed by atoms with Gasteiger partial charge in [0.2, 0.25) is 0 Å². The van der Waals surface area contributed by atoms with Crippen LogP contribution in [-0.2, 0) is 0 Å². The first-order chi connectivity index (χ1) is 9.29. The molecule has 0 spiro atoms. The molecule has 1 N–H and O–H groups in total. The van der Waals surface area contributed by atoms with Crippen LogP contribution in [0.1, 0.15) is 24.3 Å². The molecule has 0 aliphatic rings. The van der Waals surface area contributed by atoms with E-state index in [1.165, 1.54) is 4.88 Å². The fourth-order valence-electron chi connectivity index (χ4n) is 1.76. The molecule has 2 rings (SSSR count). The van der Waals surface area contributed by atoms with Gasteiger partial charge < -0.3 is 10.1 Å². The summed E-state index contributed by atoms with van der Waals surface area (Å²) in [6.45, 7) is 3.78. The van der Waals surface area contributed by atoms with Crippen LogP contribution in [0.15, 0.2) is 41.8 Å². The van der Waals surface area contributed by atoms with Crippen molar-refractivity contribution in [3.8, 4) is 5.75 Å². The number of benzene rings is 1. The van der Waals surface area contributed by atoms with Crippen molar-refractivity contribution >= 4 is 22.9 Å². The lowest BCUT2D eigenvalue weighted by Crippen LogP contribution is -2.26. The smallest absolute Gasteiger partial charge is 0.119 e. The third-order valence-electron chi connectivity index (χ3n) is 2.76. The lowest BCUT2D eigenvalue weighted by molar-refractivity contribution is 0.268. The fourth-order valence-corrected chi connectivity index (χ4v) is 2.67. The number of hydrogen-bond acceptors (Lipinski definition) is 3. The minimum absolute atomic E-state index is 0.246. The Morgan fingerprint density at radius 1 is 1.26 bits per heavy atom. The Bertz CT molecular complexity index is 469. The first kappa shape index (κ1) is 14.4. The van der Waals surface area contributed by atoms with Crippen LogP contribution >= 0.6 is 22.9 Å². The van der Waals surface area contributed by atoms with Crippen LogP contribution in [0, 0.1) is 0 Å². The van der Waals surface area contributed by atoms with E-state index in [-0.39, 0.29) is 6.04 Å². The maximum Gasteiger partial charge on any atom is 0.119 e. The van der Waals surface area contributed by atoms with Gasteiger partial charge in [0.05, 0.1) is 6.04 Å². The molecule has 0 saturated carbocycles. The molecule has 4 heteroatoms. The van der Waals surface area contributed by atoms with E-state index in [4.69, 9.17) is 16.3 Å². The molecule has 102 valence electrons. The lowest BCUT2D eigenvalue weighted by Gasteiger charge is -2.18. The van der Waals surface area contributed by atoms with Crippen LogP contribution in [-0.4, -0.2) is 13.2 Å². The summed E-state index contributed by atoms with van der Waals surface area (Å²) in [4.78, 5) is 1.31. The Kier molecular flexibility index (Phi) is 5.70. The Balaban J connectivity index is 1.94. The second-order valence-corrected chi connectivity index (χ2v) is 5.70. The summed E-state index contributed by atoms with van der Waals surface area (Å²) in [6.07, 6.45) is 1.11. The molecular formula is C15H18ClNOS. The number of thiophene rings is 1. The van der Waals surface area contributed by atoms with E-state index in [2.05, 4.69) is 29.8 Å². The second kappa shape index (κ2) is 7.53. The van der Waals surface area contributed by atoms with Gasteiger partial charge in [-0.15, -0.1) is 11.3 Å². The van der Waals surface area contributed by atoms with Gasteiger partial charge >= 0.3 is 0 Å². The molecule has 1 aromatic carbocycles. The van der Waals surface area contributed by atoms with E-state index in [9.17, 15) is 0 Å². The Morgan fingerprint density at radius 2 is 2.05 bits per heavy atom. The van der Waals surface area contributed by atoms with Gasteiger partial charge in [-0.25, -0.2) is 0 Å². The monoisotopic (exact) mass is 295 g/mol. The van der Waals surface area contributed by atoms with E-state index in [1.807, 2.05) is 24.3 Å². The van der Waals surface area contributed by atoms with E-state index in [0.29, 0.717) is 6.61 Å². The summed E-state index contributed by atoms with van der Waals surface area (Å²) >= 11 is 7.61. The number of rotatable bonds is 7. The highest BCUT2D eigenvalue weighted by Crippen LogP contribution is 2.21. The first-order valence-electron chi connectivity index (χ1n) is 6.44. The molecule has 0 amide bonds. The summed E-state index contributed by atoms with van der Waals surface area (Å²) in [5.74, 6) is 0.851. The average Bonchev–Trinajstić information content (AvgIpc) is 2.95. The quantitative estimate of drug-likeness (QED) is 0.811. The molecule has 0 aliphatic carbocycles. The van der Waals surface area contributed by atoms with Crippen molar-refractivity contribution in [2.24, 2.45) is 0 Å². The molecule has 0 bridgehead atoms. The molecule has 2 nitrogen and oxygen atoms in total.